The first kappa shape index (κ1) is 18.9. The second kappa shape index (κ2) is 9.15. The highest BCUT2D eigenvalue weighted by Crippen LogP contribution is 2.42. The van der Waals surface area contributed by atoms with Crippen molar-refractivity contribution < 1.29 is 9.53 Å². The fraction of sp³-hybridized carbons (Fsp3) is 0.421. The molecule has 1 aliphatic heterocycles. The number of hydrogen-bond donors (Lipinski definition) is 1. The van der Waals surface area contributed by atoms with Gasteiger partial charge in [-0.15, -0.1) is 11.8 Å². The monoisotopic (exact) mass is 355 g/mol. The summed E-state index contributed by atoms with van der Waals surface area (Å²) in [6.45, 7) is 4.43. The number of unbranched alkanes of at least 4 members (excludes halogenated alkanes) is 1. The predicted molar refractivity (Wildman–Crippen MR) is 97.6 cm³/mol. The normalized spacial score (nSPS) is 19.8. The molecule has 1 aromatic carbocycles. The van der Waals surface area contributed by atoms with Crippen molar-refractivity contribution in [3.63, 3.8) is 0 Å². The molecule has 1 aromatic rings. The molecule has 25 heavy (non-hydrogen) atoms. The van der Waals surface area contributed by atoms with Crippen molar-refractivity contribution in [3.8, 4) is 17.9 Å². The van der Waals surface area contributed by atoms with Gasteiger partial charge in [0, 0.05) is 5.56 Å². The van der Waals surface area contributed by atoms with Crippen LogP contribution < -0.4 is 10.1 Å². The first-order valence-electron chi connectivity index (χ1n) is 8.37. The van der Waals surface area contributed by atoms with Crippen molar-refractivity contribution in [2.24, 2.45) is 5.92 Å². The first-order valence-corrected chi connectivity index (χ1v) is 9.35. The van der Waals surface area contributed by atoms with E-state index in [1.165, 1.54) is 11.8 Å². The summed E-state index contributed by atoms with van der Waals surface area (Å²) in [6, 6.07) is 11.6. The van der Waals surface area contributed by atoms with Crippen LogP contribution in [0.3, 0.4) is 0 Å². The van der Waals surface area contributed by atoms with E-state index in [-0.39, 0.29) is 5.91 Å². The van der Waals surface area contributed by atoms with Crippen LogP contribution in [0.15, 0.2) is 34.9 Å². The van der Waals surface area contributed by atoms with Gasteiger partial charge in [0.2, 0.25) is 5.91 Å². The largest absolute Gasteiger partial charge is 0.494 e. The van der Waals surface area contributed by atoms with E-state index in [1.807, 2.05) is 25.1 Å². The van der Waals surface area contributed by atoms with Crippen LogP contribution in [0, 0.1) is 28.6 Å². The number of nitrogens with zero attached hydrogens (tertiary/aromatic N) is 2. The summed E-state index contributed by atoms with van der Waals surface area (Å²) >= 11 is 1.46. The Morgan fingerprint density at radius 3 is 2.68 bits per heavy atom. The molecule has 0 unspecified atom stereocenters. The van der Waals surface area contributed by atoms with Crippen molar-refractivity contribution in [3.05, 3.63) is 40.4 Å². The Balaban J connectivity index is 2.53. The van der Waals surface area contributed by atoms with Gasteiger partial charge < -0.3 is 10.1 Å². The van der Waals surface area contributed by atoms with Gasteiger partial charge in [-0.2, -0.15) is 10.5 Å². The number of amides is 1. The third-order valence-electron chi connectivity index (χ3n) is 3.97. The molecule has 5 nitrogen and oxygen atoms in total. The minimum absolute atomic E-state index is 0.364. The molecule has 1 heterocycles. The molecule has 1 aliphatic rings. The Morgan fingerprint density at radius 2 is 2.04 bits per heavy atom. The maximum absolute atomic E-state index is 12.5. The van der Waals surface area contributed by atoms with Crippen LogP contribution in [-0.2, 0) is 4.79 Å². The number of rotatable bonds is 7. The summed E-state index contributed by atoms with van der Waals surface area (Å²) < 4.78 is 5.66. The Kier molecular flexibility index (Phi) is 6.91. The lowest BCUT2D eigenvalue weighted by Crippen LogP contribution is -2.39. The van der Waals surface area contributed by atoms with Gasteiger partial charge in [0.25, 0.3) is 0 Å². The van der Waals surface area contributed by atoms with Crippen LogP contribution >= 0.6 is 11.8 Å². The van der Waals surface area contributed by atoms with Gasteiger partial charge in [0.1, 0.15) is 11.7 Å². The van der Waals surface area contributed by atoms with Gasteiger partial charge >= 0.3 is 0 Å². The fourth-order valence-electron chi connectivity index (χ4n) is 2.76. The Labute approximate surface area is 152 Å². The quantitative estimate of drug-likeness (QED) is 0.754. The second-order valence-electron chi connectivity index (χ2n) is 5.60. The zero-order valence-electron chi connectivity index (χ0n) is 14.4. The average Bonchev–Trinajstić information content (AvgIpc) is 2.62. The van der Waals surface area contributed by atoms with Crippen LogP contribution in [0.5, 0.6) is 5.75 Å². The third kappa shape index (κ3) is 4.15. The Bertz CT molecular complexity index is 746. The van der Waals surface area contributed by atoms with Crippen molar-refractivity contribution >= 4 is 17.7 Å². The van der Waals surface area contributed by atoms with E-state index in [1.54, 1.807) is 6.07 Å². The summed E-state index contributed by atoms with van der Waals surface area (Å²) in [5.41, 5.74) is 1.13. The van der Waals surface area contributed by atoms with Crippen molar-refractivity contribution in [2.45, 2.75) is 32.6 Å². The number of nitrogens with one attached hydrogen (secondary N) is 1. The summed E-state index contributed by atoms with van der Waals surface area (Å²) in [6.07, 6.45) is 2.03. The lowest BCUT2D eigenvalue weighted by atomic mass is 9.79. The molecule has 130 valence electrons. The highest BCUT2D eigenvalue weighted by atomic mass is 32.2. The van der Waals surface area contributed by atoms with E-state index in [9.17, 15) is 15.3 Å². The van der Waals surface area contributed by atoms with E-state index in [4.69, 9.17) is 4.74 Å². The molecule has 1 amide bonds. The molecular weight excluding hydrogens is 334 g/mol. The second-order valence-corrected chi connectivity index (χ2v) is 6.71. The molecule has 0 radical (unpaired) electrons. The average molecular weight is 355 g/mol. The molecule has 6 heteroatoms. The van der Waals surface area contributed by atoms with E-state index in [2.05, 4.69) is 24.4 Å². The molecule has 0 saturated carbocycles. The van der Waals surface area contributed by atoms with Crippen LogP contribution in [0.25, 0.3) is 0 Å². The minimum atomic E-state index is -0.952. The standard InChI is InChI=1S/C19H21N3O2S/c1-3-5-10-25-19-15(12-21)17(14(11-20)18(23)22-19)13-8-6-7-9-16(13)24-4-2/h6-9,14,17H,3-5,10H2,1-2H3,(H,22,23)/t14-,17+/m1/s1. The van der Waals surface area contributed by atoms with E-state index >= 15 is 0 Å². The first-order chi connectivity index (χ1) is 12.2. The number of benzene rings is 1. The summed E-state index contributed by atoms with van der Waals surface area (Å²) in [7, 11) is 0. The molecule has 2 rings (SSSR count). The highest BCUT2D eigenvalue weighted by Gasteiger charge is 2.40. The fourth-order valence-corrected chi connectivity index (χ4v) is 3.90. The Morgan fingerprint density at radius 1 is 1.28 bits per heavy atom. The number of ether oxygens (including phenoxy) is 1. The third-order valence-corrected chi connectivity index (χ3v) is 5.07. The number of carbonyl (C=O) groups excluding carboxylic acids is 1. The molecule has 0 bridgehead atoms. The van der Waals surface area contributed by atoms with Crippen LogP contribution in [0.2, 0.25) is 0 Å². The zero-order chi connectivity index (χ0) is 18.2. The summed E-state index contributed by atoms with van der Waals surface area (Å²) in [5, 5.41) is 22.6. The van der Waals surface area contributed by atoms with Gasteiger partial charge in [-0.25, -0.2) is 0 Å². The Hall–Kier alpha value is -2.44. The van der Waals surface area contributed by atoms with E-state index in [0.717, 1.165) is 18.6 Å². The number of thioether (sulfide) groups is 1. The summed E-state index contributed by atoms with van der Waals surface area (Å²) in [4.78, 5) is 12.5. The van der Waals surface area contributed by atoms with Gasteiger partial charge in [-0.05, 0) is 25.2 Å². The van der Waals surface area contributed by atoms with E-state index < -0.39 is 11.8 Å². The number of hydrogen-bond acceptors (Lipinski definition) is 5. The van der Waals surface area contributed by atoms with Crippen molar-refractivity contribution in [1.29, 1.82) is 10.5 Å². The molecule has 1 N–H and O–H groups in total. The van der Waals surface area contributed by atoms with Gasteiger partial charge in [-0.1, -0.05) is 31.5 Å². The molecule has 0 spiro atoms. The maximum Gasteiger partial charge on any atom is 0.243 e. The molecule has 0 fully saturated rings. The summed E-state index contributed by atoms with van der Waals surface area (Å²) in [5.74, 6) is -0.510. The van der Waals surface area contributed by atoms with Gasteiger partial charge in [-0.3, -0.25) is 4.79 Å². The van der Waals surface area contributed by atoms with Crippen LogP contribution in [0.1, 0.15) is 38.2 Å². The zero-order valence-corrected chi connectivity index (χ0v) is 15.2. The SMILES string of the molecule is CCCCSC1=C(C#N)[C@@H](c2ccccc2OCC)[C@@H](C#N)C(=O)N1. The minimum Gasteiger partial charge on any atom is -0.494 e. The highest BCUT2D eigenvalue weighted by molar-refractivity contribution is 8.03. The number of nitriles is 2. The van der Waals surface area contributed by atoms with Crippen molar-refractivity contribution in [1.82, 2.24) is 5.32 Å². The smallest absolute Gasteiger partial charge is 0.243 e. The van der Waals surface area contributed by atoms with Gasteiger partial charge in [0.15, 0.2) is 0 Å². The molecule has 0 aliphatic carbocycles. The van der Waals surface area contributed by atoms with Gasteiger partial charge in [0.05, 0.1) is 35.3 Å². The molecule has 0 aromatic heterocycles. The lowest BCUT2D eigenvalue weighted by Gasteiger charge is -2.29. The molecular formula is C19H21N3O2S. The predicted octanol–water partition coefficient (Wildman–Crippen LogP) is 3.71. The maximum atomic E-state index is 12.5. The number of carbonyl (C=O) groups is 1. The lowest BCUT2D eigenvalue weighted by molar-refractivity contribution is -0.123. The number of allylic oxidation sites excluding steroid dienone is 1. The van der Waals surface area contributed by atoms with Crippen LogP contribution in [-0.4, -0.2) is 18.3 Å². The molecule has 0 saturated heterocycles. The topological polar surface area (TPSA) is 85.9 Å². The van der Waals surface area contributed by atoms with Crippen molar-refractivity contribution in [2.75, 3.05) is 12.4 Å². The van der Waals surface area contributed by atoms with Crippen LogP contribution in [0.4, 0.5) is 0 Å². The number of para-hydroxylation sites is 1. The molecule has 2 atom stereocenters. The van der Waals surface area contributed by atoms with E-state index in [0.29, 0.717) is 28.5 Å².